The highest BCUT2D eigenvalue weighted by Crippen LogP contribution is 2.17. The van der Waals surface area contributed by atoms with Crippen molar-refractivity contribution in [3.63, 3.8) is 0 Å². The summed E-state index contributed by atoms with van der Waals surface area (Å²) in [6.45, 7) is 4.37. The number of benzene rings is 1. The molecule has 0 aromatic heterocycles. The summed E-state index contributed by atoms with van der Waals surface area (Å²) in [4.78, 5) is 0. The standard InChI is InChI=1S/C16H25BrO2/c1-14-5-3-6-15(11-14)12-16(13-17)7-4-8-19-10-9-18-2/h3,5-6,11,16H,4,7-10,12-13H2,1-2H3. The lowest BCUT2D eigenvalue weighted by atomic mass is 9.96. The Morgan fingerprint density at radius 3 is 2.74 bits per heavy atom. The number of ether oxygens (including phenoxy) is 2. The maximum atomic E-state index is 5.50. The van der Waals surface area contributed by atoms with Gasteiger partial charge in [-0.25, -0.2) is 0 Å². The second kappa shape index (κ2) is 10.4. The molecule has 1 rings (SSSR count). The Kier molecular flexibility index (Phi) is 9.14. The lowest BCUT2D eigenvalue weighted by Gasteiger charge is -2.14. The van der Waals surface area contributed by atoms with Crippen LogP contribution in [-0.4, -0.2) is 32.3 Å². The van der Waals surface area contributed by atoms with Crippen molar-refractivity contribution in [3.05, 3.63) is 35.4 Å². The summed E-state index contributed by atoms with van der Waals surface area (Å²) in [5.74, 6) is 0.688. The predicted octanol–water partition coefficient (Wildman–Crippen LogP) is 3.99. The van der Waals surface area contributed by atoms with Crippen LogP contribution in [0.5, 0.6) is 0 Å². The first-order valence-electron chi connectivity index (χ1n) is 6.94. The van der Waals surface area contributed by atoms with E-state index in [0.717, 1.165) is 24.8 Å². The second-order valence-electron chi connectivity index (χ2n) is 4.96. The Morgan fingerprint density at radius 2 is 2.05 bits per heavy atom. The molecule has 1 aromatic carbocycles. The highest BCUT2D eigenvalue weighted by atomic mass is 79.9. The number of hydrogen-bond acceptors (Lipinski definition) is 2. The van der Waals surface area contributed by atoms with Crippen molar-refractivity contribution in [3.8, 4) is 0 Å². The van der Waals surface area contributed by atoms with Crippen LogP contribution >= 0.6 is 15.9 Å². The van der Waals surface area contributed by atoms with Crippen LogP contribution < -0.4 is 0 Å². The van der Waals surface area contributed by atoms with E-state index in [1.165, 1.54) is 17.5 Å². The third-order valence-electron chi connectivity index (χ3n) is 3.16. The average molecular weight is 329 g/mol. The van der Waals surface area contributed by atoms with E-state index < -0.39 is 0 Å². The van der Waals surface area contributed by atoms with Gasteiger partial charge in [0.25, 0.3) is 0 Å². The number of alkyl halides is 1. The van der Waals surface area contributed by atoms with E-state index in [-0.39, 0.29) is 0 Å². The van der Waals surface area contributed by atoms with Crippen molar-refractivity contribution in [2.75, 3.05) is 32.3 Å². The average Bonchev–Trinajstić information content (AvgIpc) is 2.41. The van der Waals surface area contributed by atoms with Gasteiger partial charge in [0.15, 0.2) is 0 Å². The minimum Gasteiger partial charge on any atom is -0.382 e. The Balaban J connectivity index is 2.22. The first kappa shape index (κ1) is 16.7. The smallest absolute Gasteiger partial charge is 0.0700 e. The summed E-state index contributed by atoms with van der Waals surface area (Å²) in [5.41, 5.74) is 2.78. The van der Waals surface area contributed by atoms with E-state index in [1.54, 1.807) is 7.11 Å². The molecule has 0 heterocycles. The third kappa shape index (κ3) is 7.71. The van der Waals surface area contributed by atoms with Gasteiger partial charge in [0.1, 0.15) is 0 Å². The topological polar surface area (TPSA) is 18.5 Å². The molecule has 0 fully saturated rings. The molecule has 108 valence electrons. The SMILES string of the molecule is COCCOCCCC(CBr)Cc1cccc(C)c1. The molecule has 1 aromatic rings. The molecule has 0 saturated heterocycles. The fourth-order valence-corrected chi connectivity index (χ4v) is 2.68. The molecule has 0 bridgehead atoms. The van der Waals surface area contributed by atoms with Gasteiger partial charge in [0.2, 0.25) is 0 Å². The van der Waals surface area contributed by atoms with Crippen LogP contribution in [-0.2, 0) is 15.9 Å². The fraction of sp³-hybridized carbons (Fsp3) is 0.625. The van der Waals surface area contributed by atoms with Crippen molar-refractivity contribution in [2.45, 2.75) is 26.2 Å². The Morgan fingerprint density at radius 1 is 1.21 bits per heavy atom. The molecule has 0 amide bonds. The lowest BCUT2D eigenvalue weighted by Crippen LogP contribution is -2.09. The fourth-order valence-electron chi connectivity index (χ4n) is 2.12. The molecular weight excluding hydrogens is 304 g/mol. The minimum atomic E-state index is 0.686. The largest absolute Gasteiger partial charge is 0.382 e. The molecule has 0 aliphatic carbocycles. The van der Waals surface area contributed by atoms with Gasteiger partial charge in [0.05, 0.1) is 13.2 Å². The Bertz CT molecular complexity index is 341. The van der Waals surface area contributed by atoms with Gasteiger partial charge in [-0.2, -0.15) is 0 Å². The summed E-state index contributed by atoms with van der Waals surface area (Å²) in [6.07, 6.45) is 3.46. The summed E-state index contributed by atoms with van der Waals surface area (Å²) >= 11 is 3.63. The van der Waals surface area contributed by atoms with Gasteiger partial charge in [-0.1, -0.05) is 45.8 Å². The van der Waals surface area contributed by atoms with Gasteiger partial charge in [-0.15, -0.1) is 0 Å². The lowest BCUT2D eigenvalue weighted by molar-refractivity contribution is 0.0675. The van der Waals surface area contributed by atoms with E-state index in [4.69, 9.17) is 9.47 Å². The number of rotatable bonds is 10. The molecule has 0 N–H and O–H groups in total. The maximum absolute atomic E-state index is 5.50. The Hall–Kier alpha value is -0.380. The molecule has 1 unspecified atom stereocenters. The highest BCUT2D eigenvalue weighted by molar-refractivity contribution is 9.09. The number of methoxy groups -OCH3 is 1. The normalized spacial score (nSPS) is 12.6. The molecule has 0 aliphatic heterocycles. The first-order valence-corrected chi connectivity index (χ1v) is 8.06. The van der Waals surface area contributed by atoms with Gasteiger partial charge in [0, 0.05) is 19.0 Å². The number of hydrogen-bond donors (Lipinski definition) is 0. The van der Waals surface area contributed by atoms with Crippen LogP contribution in [0.1, 0.15) is 24.0 Å². The summed E-state index contributed by atoms with van der Waals surface area (Å²) < 4.78 is 10.4. The maximum Gasteiger partial charge on any atom is 0.0700 e. The predicted molar refractivity (Wildman–Crippen MR) is 84.1 cm³/mol. The van der Waals surface area contributed by atoms with Gasteiger partial charge in [-0.3, -0.25) is 0 Å². The van der Waals surface area contributed by atoms with Gasteiger partial charge in [-0.05, 0) is 37.7 Å². The summed E-state index contributed by atoms with van der Waals surface area (Å²) in [7, 11) is 1.70. The zero-order valence-electron chi connectivity index (χ0n) is 12.0. The molecule has 0 radical (unpaired) electrons. The van der Waals surface area contributed by atoms with Gasteiger partial charge >= 0.3 is 0 Å². The van der Waals surface area contributed by atoms with E-state index in [0.29, 0.717) is 19.1 Å². The molecule has 0 aliphatic rings. The summed E-state index contributed by atoms with van der Waals surface area (Å²) in [5, 5.41) is 1.05. The van der Waals surface area contributed by atoms with E-state index in [9.17, 15) is 0 Å². The monoisotopic (exact) mass is 328 g/mol. The van der Waals surface area contributed by atoms with Crippen LogP contribution in [0.2, 0.25) is 0 Å². The van der Waals surface area contributed by atoms with Crippen LogP contribution in [0.4, 0.5) is 0 Å². The third-order valence-corrected chi connectivity index (χ3v) is 4.07. The molecule has 1 atom stereocenters. The second-order valence-corrected chi connectivity index (χ2v) is 5.61. The van der Waals surface area contributed by atoms with Crippen LogP contribution in [0.25, 0.3) is 0 Å². The Labute approximate surface area is 125 Å². The van der Waals surface area contributed by atoms with Crippen molar-refractivity contribution in [2.24, 2.45) is 5.92 Å². The van der Waals surface area contributed by atoms with E-state index in [1.807, 2.05) is 0 Å². The molecule has 0 spiro atoms. The van der Waals surface area contributed by atoms with Gasteiger partial charge < -0.3 is 9.47 Å². The van der Waals surface area contributed by atoms with Crippen molar-refractivity contribution in [1.82, 2.24) is 0 Å². The quantitative estimate of drug-likeness (QED) is 0.477. The number of aryl methyl sites for hydroxylation is 1. The van der Waals surface area contributed by atoms with E-state index >= 15 is 0 Å². The van der Waals surface area contributed by atoms with Crippen molar-refractivity contribution >= 4 is 15.9 Å². The van der Waals surface area contributed by atoms with Crippen molar-refractivity contribution in [1.29, 1.82) is 0 Å². The highest BCUT2D eigenvalue weighted by Gasteiger charge is 2.08. The number of halogens is 1. The first-order chi connectivity index (χ1) is 9.26. The van der Waals surface area contributed by atoms with Crippen LogP contribution in [0, 0.1) is 12.8 Å². The molecule has 19 heavy (non-hydrogen) atoms. The summed E-state index contributed by atoms with van der Waals surface area (Å²) in [6, 6.07) is 8.79. The van der Waals surface area contributed by atoms with Crippen LogP contribution in [0.3, 0.4) is 0 Å². The minimum absolute atomic E-state index is 0.686. The molecule has 2 nitrogen and oxygen atoms in total. The molecular formula is C16H25BrO2. The van der Waals surface area contributed by atoms with Crippen LogP contribution in [0.15, 0.2) is 24.3 Å². The molecule has 3 heteroatoms. The van der Waals surface area contributed by atoms with E-state index in [2.05, 4.69) is 47.1 Å². The van der Waals surface area contributed by atoms with Crippen molar-refractivity contribution < 1.29 is 9.47 Å². The zero-order chi connectivity index (χ0) is 13.9. The molecule has 0 saturated carbocycles. The zero-order valence-corrected chi connectivity index (χ0v) is 13.6.